The Morgan fingerprint density at radius 1 is 1.17 bits per heavy atom. The molecule has 0 amide bonds. The van der Waals surface area contributed by atoms with Crippen LogP contribution in [0.2, 0.25) is 0 Å². The van der Waals surface area contributed by atoms with Gasteiger partial charge in [0.15, 0.2) is 5.76 Å². The highest BCUT2D eigenvalue weighted by Gasteiger charge is 2.12. The number of nitrogens with two attached hydrogens (primary N) is 1. The number of aromatic nitrogens is 2. The van der Waals surface area contributed by atoms with E-state index >= 15 is 0 Å². The molecule has 1 aromatic carbocycles. The van der Waals surface area contributed by atoms with E-state index in [1.54, 1.807) is 6.20 Å². The minimum absolute atomic E-state index is 0.257. The van der Waals surface area contributed by atoms with Gasteiger partial charge in [-0.2, -0.15) is 0 Å². The molecule has 0 radical (unpaired) electrons. The number of anilines is 1. The second kappa shape index (κ2) is 3.84. The molecule has 0 unspecified atom stereocenters. The quantitative estimate of drug-likeness (QED) is 0.708. The maximum absolute atomic E-state index is 5.87. The fourth-order valence-electron chi connectivity index (χ4n) is 2.03. The predicted molar refractivity (Wildman–Crippen MR) is 71.1 cm³/mol. The molecule has 2 aromatic heterocycles. The molecule has 0 fully saturated rings. The SMILES string of the molecule is Cc1cnc(N)nc1-c1cc2cccc(C)c2o1. The van der Waals surface area contributed by atoms with Gasteiger partial charge in [-0.15, -0.1) is 0 Å². The topological polar surface area (TPSA) is 64.9 Å². The molecule has 0 saturated heterocycles. The molecule has 0 aliphatic carbocycles. The molecular formula is C14H13N3O. The molecule has 0 bridgehead atoms. The lowest BCUT2D eigenvalue weighted by Crippen LogP contribution is -1.97. The number of benzene rings is 1. The van der Waals surface area contributed by atoms with Gasteiger partial charge in [0.05, 0.1) is 0 Å². The molecule has 0 atom stereocenters. The van der Waals surface area contributed by atoms with E-state index in [2.05, 4.69) is 9.97 Å². The summed E-state index contributed by atoms with van der Waals surface area (Å²) in [6.07, 6.45) is 1.71. The van der Waals surface area contributed by atoms with E-state index in [1.165, 1.54) is 0 Å². The van der Waals surface area contributed by atoms with Crippen LogP contribution in [-0.2, 0) is 0 Å². The highest BCUT2D eigenvalue weighted by atomic mass is 16.3. The monoisotopic (exact) mass is 239 g/mol. The van der Waals surface area contributed by atoms with Gasteiger partial charge in [0.25, 0.3) is 0 Å². The summed E-state index contributed by atoms with van der Waals surface area (Å²) in [7, 11) is 0. The molecule has 3 aromatic rings. The first-order valence-electron chi connectivity index (χ1n) is 5.74. The number of para-hydroxylation sites is 1. The molecule has 90 valence electrons. The Kier molecular flexibility index (Phi) is 2.30. The van der Waals surface area contributed by atoms with E-state index in [1.807, 2.05) is 38.1 Å². The number of hydrogen-bond acceptors (Lipinski definition) is 4. The number of rotatable bonds is 1. The van der Waals surface area contributed by atoms with Crippen LogP contribution < -0.4 is 5.73 Å². The molecule has 4 heteroatoms. The Balaban J connectivity index is 2.26. The lowest BCUT2D eigenvalue weighted by molar-refractivity contribution is 0.625. The van der Waals surface area contributed by atoms with Gasteiger partial charge < -0.3 is 10.2 Å². The average Bonchev–Trinajstić information content (AvgIpc) is 2.77. The molecule has 2 heterocycles. The van der Waals surface area contributed by atoms with Crippen molar-refractivity contribution < 1.29 is 4.42 Å². The first kappa shape index (κ1) is 10.8. The minimum atomic E-state index is 0.257. The zero-order valence-electron chi connectivity index (χ0n) is 10.3. The van der Waals surface area contributed by atoms with Crippen LogP contribution in [0.25, 0.3) is 22.4 Å². The Hall–Kier alpha value is -2.36. The van der Waals surface area contributed by atoms with Crippen molar-refractivity contribution in [1.29, 1.82) is 0 Å². The van der Waals surface area contributed by atoms with Gasteiger partial charge in [0.2, 0.25) is 5.95 Å². The number of fused-ring (bicyclic) bond motifs is 1. The van der Waals surface area contributed by atoms with Crippen LogP contribution in [0.4, 0.5) is 5.95 Å². The van der Waals surface area contributed by atoms with Gasteiger partial charge in [0, 0.05) is 11.6 Å². The summed E-state index contributed by atoms with van der Waals surface area (Å²) < 4.78 is 5.87. The molecule has 0 saturated carbocycles. The van der Waals surface area contributed by atoms with Crippen molar-refractivity contribution in [3.8, 4) is 11.5 Å². The van der Waals surface area contributed by atoms with Crippen molar-refractivity contribution in [2.45, 2.75) is 13.8 Å². The van der Waals surface area contributed by atoms with E-state index in [0.717, 1.165) is 33.6 Å². The van der Waals surface area contributed by atoms with Crippen LogP contribution in [0.5, 0.6) is 0 Å². The normalized spacial score (nSPS) is 11.0. The van der Waals surface area contributed by atoms with Crippen molar-refractivity contribution in [3.05, 3.63) is 41.6 Å². The van der Waals surface area contributed by atoms with Gasteiger partial charge in [0.1, 0.15) is 11.3 Å². The Bertz CT molecular complexity index is 731. The highest BCUT2D eigenvalue weighted by Crippen LogP contribution is 2.30. The van der Waals surface area contributed by atoms with Crippen LogP contribution in [0.1, 0.15) is 11.1 Å². The maximum atomic E-state index is 5.87. The summed E-state index contributed by atoms with van der Waals surface area (Å²) >= 11 is 0. The second-order valence-electron chi connectivity index (χ2n) is 4.36. The van der Waals surface area contributed by atoms with Crippen LogP contribution in [0.15, 0.2) is 34.9 Å². The van der Waals surface area contributed by atoms with Crippen molar-refractivity contribution in [2.75, 3.05) is 5.73 Å². The molecule has 0 aliphatic heterocycles. The van der Waals surface area contributed by atoms with Gasteiger partial charge >= 0.3 is 0 Å². The zero-order chi connectivity index (χ0) is 12.7. The fraction of sp³-hybridized carbons (Fsp3) is 0.143. The van der Waals surface area contributed by atoms with Crippen LogP contribution in [0.3, 0.4) is 0 Å². The van der Waals surface area contributed by atoms with Crippen molar-refractivity contribution in [1.82, 2.24) is 9.97 Å². The minimum Gasteiger partial charge on any atom is -0.454 e. The Morgan fingerprint density at radius 3 is 2.78 bits per heavy atom. The molecule has 0 aliphatic rings. The average molecular weight is 239 g/mol. The third-order valence-corrected chi connectivity index (χ3v) is 2.96. The van der Waals surface area contributed by atoms with E-state index < -0.39 is 0 Å². The zero-order valence-corrected chi connectivity index (χ0v) is 10.3. The number of hydrogen-bond donors (Lipinski definition) is 1. The van der Waals surface area contributed by atoms with Gasteiger partial charge in [-0.05, 0) is 31.0 Å². The maximum Gasteiger partial charge on any atom is 0.220 e. The number of nitrogens with zero attached hydrogens (tertiary/aromatic N) is 2. The van der Waals surface area contributed by atoms with Crippen molar-refractivity contribution in [2.24, 2.45) is 0 Å². The standard InChI is InChI=1S/C14H13N3O/c1-8-4-3-5-10-6-11(18-13(8)10)12-9(2)7-16-14(15)17-12/h3-7H,1-2H3,(H2,15,16,17). The van der Waals surface area contributed by atoms with Gasteiger partial charge in [-0.3, -0.25) is 0 Å². The first-order valence-corrected chi connectivity index (χ1v) is 5.74. The van der Waals surface area contributed by atoms with Crippen molar-refractivity contribution >= 4 is 16.9 Å². The van der Waals surface area contributed by atoms with E-state index in [9.17, 15) is 0 Å². The summed E-state index contributed by atoms with van der Waals surface area (Å²) in [5.74, 6) is 0.985. The van der Waals surface area contributed by atoms with E-state index in [4.69, 9.17) is 10.2 Å². The summed E-state index contributed by atoms with van der Waals surface area (Å²) in [5, 5.41) is 1.07. The van der Waals surface area contributed by atoms with Crippen LogP contribution >= 0.6 is 0 Å². The summed E-state index contributed by atoms with van der Waals surface area (Å²) in [4.78, 5) is 8.20. The fourth-order valence-corrected chi connectivity index (χ4v) is 2.03. The molecule has 0 spiro atoms. The van der Waals surface area contributed by atoms with Gasteiger partial charge in [-0.1, -0.05) is 18.2 Å². The number of furan rings is 1. The van der Waals surface area contributed by atoms with Crippen molar-refractivity contribution in [3.63, 3.8) is 0 Å². The van der Waals surface area contributed by atoms with Crippen LogP contribution in [-0.4, -0.2) is 9.97 Å². The second-order valence-corrected chi connectivity index (χ2v) is 4.36. The first-order chi connectivity index (χ1) is 8.65. The lowest BCUT2D eigenvalue weighted by atomic mass is 10.1. The smallest absolute Gasteiger partial charge is 0.220 e. The number of nitrogen functional groups attached to an aromatic ring is 1. The Morgan fingerprint density at radius 2 is 2.00 bits per heavy atom. The molecule has 18 heavy (non-hydrogen) atoms. The third kappa shape index (κ3) is 1.62. The summed E-state index contributed by atoms with van der Waals surface area (Å²) in [5.41, 5.74) is 9.32. The molecule has 3 rings (SSSR count). The lowest BCUT2D eigenvalue weighted by Gasteiger charge is -2.01. The summed E-state index contributed by atoms with van der Waals surface area (Å²) in [6, 6.07) is 8.04. The predicted octanol–water partition coefficient (Wildman–Crippen LogP) is 3.09. The highest BCUT2D eigenvalue weighted by molar-refractivity contribution is 5.85. The van der Waals surface area contributed by atoms with E-state index in [-0.39, 0.29) is 5.95 Å². The van der Waals surface area contributed by atoms with E-state index in [0.29, 0.717) is 0 Å². The molecule has 4 nitrogen and oxygen atoms in total. The molecular weight excluding hydrogens is 226 g/mol. The third-order valence-electron chi connectivity index (χ3n) is 2.96. The largest absolute Gasteiger partial charge is 0.454 e. The molecule has 2 N–H and O–H groups in total. The number of aryl methyl sites for hydroxylation is 2. The Labute approximate surface area is 104 Å². The van der Waals surface area contributed by atoms with Crippen LogP contribution in [0, 0.1) is 13.8 Å². The summed E-state index contributed by atoms with van der Waals surface area (Å²) in [6.45, 7) is 3.96. The van der Waals surface area contributed by atoms with Gasteiger partial charge in [-0.25, -0.2) is 9.97 Å².